The van der Waals surface area contributed by atoms with Crippen LogP contribution in [-0.2, 0) is 4.79 Å². The second kappa shape index (κ2) is 10.9. The number of carboxylic acid groups (broad SMARTS) is 1. The largest absolute Gasteiger partial charge is 0.482 e. The smallest absolute Gasteiger partial charge is 0.341 e. The van der Waals surface area contributed by atoms with Gasteiger partial charge in [0.05, 0.1) is 0 Å². The lowest BCUT2D eigenvalue weighted by Gasteiger charge is -2.10. The Labute approximate surface area is 197 Å². The molecule has 30 heavy (non-hydrogen) atoms. The monoisotopic (exact) mass is 522 g/mol. The van der Waals surface area contributed by atoms with E-state index >= 15 is 0 Å². The Morgan fingerprint density at radius 3 is 2.03 bits per heavy atom. The Hall–Kier alpha value is -1.92. The van der Waals surface area contributed by atoms with Crippen LogP contribution in [0.1, 0.15) is 11.1 Å². The third-order valence-electron chi connectivity index (χ3n) is 4.10. The maximum Gasteiger partial charge on any atom is 0.341 e. The van der Waals surface area contributed by atoms with Gasteiger partial charge in [0.25, 0.3) is 0 Å². The Morgan fingerprint density at radius 2 is 1.53 bits per heavy atom. The summed E-state index contributed by atoms with van der Waals surface area (Å²) in [7, 11) is 0. The van der Waals surface area contributed by atoms with Crippen LogP contribution in [0.5, 0.6) is 5.75 Å². The molecule has 0 aliphatic carbocycles. The molecule has 0 bridgehead atoms. The third kappa shape index (κ3) is 6.54. The number of aliphatic carboxylic acids is 1. The minimum atomic E-state index is -1.01. The molecule has 0 spiro atoms. The molecule has 0 fully saturated rings. The number of carboxylic acids is 1. The van der Waals surface area contributed by atoms with E-state index < -0.39 is 5.97 Å². The SMILES string of the molecule is O=C(O)COc1ccc(SCC=C(c2ccc(Cl)cc2)c2ccc(Cl)cc2)c(Br)c1. The molecule has 3 rings (SSSR count). The van der Waals surface area contributed by atoms with Gasteiger partial charge in [-0.1, -0.05) is 53.5 Å². The quantitative estimate of drug-likeness (QED) is 0.311. The molecular formula is C23H17BrCl2O3S. The summed E-state index contributed by atoms with van der Waals surface area (Å²) in [5.41, 5.74) is 3.23. The number of benzene rings is 3. The van der Waals surface area contributed by atoms with E-state index in [9.17, 15) is 4.79 Å². The van der Waals surface area contributed by atoms with Crippen molar-refractivity contribution in [3.8, 4) is 5.75 Å². The minimum Gasteiger partial charge on any atom is -0.482 e. The van der Waals surface area contributed by atoms with E-state index in [1.54, 1.807) is 23.9 Å². The van der Waals surface area contributed by atoms with Crippen LogP contribution >= 0.6 is 50.9 Å². The van der Waals surface area contributed by atoms with Crippen LogP contribution in [0.2, 0.25) is 10.0 Å². The maximum absolute atomic E-state index is 10.6. The zero-order chi connectivity index (χ0) is 21.5. The molecule has 0 atom stereocenters. The van der Waals surface area contributed by atoms with E-state index in [4.69, 9.17) is 33.0 Å². The first-order valence-electron chi connectivity index (χ1n) is 8.91. The molecule has 154 valence electrons. The fourth-order valence-electron chi connectivity index (χ4n) is 2.71. The Balaban J connectivity index is 1.78. The highest BCUT2D eigenvalue weighted by molar-refractivity contribution is 9.10. The predicted octanol–water partition coefficient (Wildman–Crippen LogP) is 7.44. The second-order valence-electron chi connectivity index (χ2n) is 6.22. The number of rotatable bonds is 8. The molecule has 0 aliphatic rings. The van der Waals surface area contributed by atoms with E-state index in [0.29, 0.717) is 15.8 Å². The average Bonchev–Trinajstić information content (AvgIpc) is 2.72. The summed E-state index contributed by atoms with van der Waals surface area (Å²) in [6.45, 7) is -0.368. The van der Waals surface area contributed by atoms with Gasteiger partial charge in [0.15, 0.2) is 6.61 Å². The van der Waals surface area contributed by atoms with Gasteiger partial charge in [-0.15, -0.1) is 11.8 Å². The summed E-state index contributed by atoms with van der Waals surface area (Å²) < 4.78 is 6.06. The van der Waals surface area contributed by atoms with Crippen molar-refractivity contribution >= 4 is 62.4 Å². The summed E-state index contributed by atoms with van der Waals surface area (Å²) in [5.74, 6) is 0.230. The zero-order valence-electron chi connectivity index (χ0n) is 15.6. The van der Waals surface area contributed by atoms with Crippen LogP contribution in [0.15, 0.2) is 82.2 Å². The number of halogens is 3. The number of carbonyl (C=O) groups is 1. The van der Waals surface area contributed by atoms with Crippen molar-refractivity contribution in [3.63, 3.8) is 0 Å². The molecule has 3 nitrogen and oxygen atoms in total. The highest BCUT2D eigenvalue weighted by atomic mass is 79.9. The molecule has 0 unspecified atom stereocenters. The van der Waals surface area contributed by atoms with Crippen LogP contribution in [-0.4, -0.2) is 23.4 Å². The van der Waals surface area contributed by atoms with Crippen molar-refractivity contribution in [2.75, 3.05) is 12.4 Å². The fourth-order valence-corrected chi connectivity index (χ4v) is 4.45. The van der Waals surface area contributed by atoms with Crippen molar-refractivity contribution in [2.45, 2.75) is 4.90 Å². The number of ether oxygens (including phenoxy) is 1. The first-order chi connectivity index (χ1) is 14.4. The molecule has 0 saturated heterocycles. The van der Waals surface area contributed by atoms with Gasteiger partial charge < -0.3 is 9.84 Å². The first-order valence-corrected chi connectivity index (χ1v) is 11.4. The lowest BCUT2D eigenvalue weighted by molar-refractivity contribution is -0.139. The standard InChI is InChI=1S/C23H17BrCl2O3S/c24-21-13-19(29-14-23(27)28)9-10-22(21)30-12-11-20(15-1-5-17(25)6-2-15)16-3-7-18(26)8-4-16/h1-11,13H,12,14H2,(H,27,28). The second-order valence-corrected chi connectivity index (χ2v) is 9.01. The van der Waals surface area contributed by atoms with E-state index in [1.165, 1.54) is 0 Å². The molecule has 0 aromatic heterocycles. The summed E-state index contributed by atoms with van der Waals surface area (Å²) in [4.78, 5) is 11.7. The number of thioether (sulfide) groups is 1. The van der Waals surface area contributed by atoms with Crippen molar-refractivity contribution < 1.29 is 14.6 Å². The summed E-state index contributed by atoms with van der Waals surface area (Å²) in [6, 6.07) is 20.9. The van der Waals surface area contributed by atoms with Gasteiger partial charge in [-0.25, -0.2) is 4.79 Å². The van der Waals surface area contributed by atoms with Gasteiger partial charge in [0.1, 0.15) is 5.75 Å². The molecule has 0 heterocycles. The molecule has 0 amide bonds. The molecular weight excluding hydrogens is 507 g/mol. The predicted molar refractivity (Wildman–Crippen MR) is 128 cm³/mol. The topological polar surface area (TPSA) is 46.5 Å². The van der Waals surface area contributed by atoms with E-state index in [0.717, 1.165) is 31.8 Å². The molecule has 3 aromatic rings. The van der Waals surface area contributed by atoms with Crippen molar-refractivity contribution in [3.05, 3.63) is 98.5 Å². The van der Waals surface area contributed by atoms with Gasteiger partial charge in [-0.2, -0.15) is 0 Å². The highest BCUT2D eigenvalue weighted by Crippen LogP contribution is 2.33. The normalized spacial score (nSPS) is 10.5. The Kier molecular flexibility index (Phi) is 8.28. The van der Waals surface area contributed by atoms with E-state index in [-0.39, 0.29) is 6.61 Å². The van der Waals surface area contributed by atoms with E-state index in [1.807, 2.05) is 54.6 Å². The molecule has 3 aromatic carbocycles. The van der Waals surface area contributed by atoms with Crippen LogP contribution in [0.3, 0.4) is 0 Å². The van der Waals surface area contributed by atoms with Crippen molar-refractivity contribution in [1.29, 1.82) is 0 Å². The van der Waals surface area contributed by atoms with E-state index in [2.05, 4.69) is 22.0 Å². The summed E-state index contributed by atoms with van der Waals surface area (Å²) >= 11 is 17.3. The summed E-state index contributed by atoms with van der Waals surface area (Å²) in [6.07, 6.45) is 2.17. The molecule has 1 N–H and O–H groups in total. The van der Waals surface area contributed by atoms with Crippen LogP contribution in [0.25, 0.3) is 5.57 Å². The number of hydrogen-bond donors (Lipinski definition) is 1. The molecule has 0 aliphatic heterocycles. The van der Waals surface area contributed by atoms with Crippen LogP contribution in [0, 0.1) is 0 Å². The van der Waals surface area contributed by atoms with Gasteiger partial charge in [-0.3, -0.25) is 0 Å². The third-order valence-corrected chi connectivity index (χ3v) is 6.53. The van der Waals surface area contributed by atoms with Gasteiger partial charge in [0, 0.05) is 25.2 Å². The van der Waals surface area contributed by atoms with Gasteiger partial charge in [-0.05, 0) is 75.1 Å². The Bertz CT molecular complexity index is 1000. The van der Waals surface area contributed by atoms with Crippen LogP contribution in [0.4, 0.5) is 0 Å². The number of hydrogen-bond acceptors (Lipinski definition) is 3. The molecule has 7 heteroatoms. The van der Waals surface area contributed by atoms with Crippen molar-refractivity contribution in [2.24, 2.45) is 0 Å². The maximum atomic E-state index is 10.6. The lowest BCUT2D eigenvalue weighted by Crippen LogP contribution is -2.09. The average molecular weight is 524 g/mol. The molecule has 0 saturated carbocycles. The fraction of sp³-hybridized carbons (Fsp3) is 0.0870. The molecule has 0 radical (unpaired) electrons. The van der Waals surface area contributed by atoms with Gasteiger partial charge >= 0.3 is 5.97 Å². The Morgan fingerprint density at radius 1 is 0.967 bits per heavy atom. The lowest BCUT2D eigenvalue weighted by atomic mass is 9.98. The van der Waals surface area contributed by atoms with Gasteiger partial charge in [0.2, 0.25) is 0 Å². The summed E-state index contributed by atoms with van der Waals surface area (Å²) in [5, 5.41) is 10.1. The van der Waals surface area contributed by atoms with Crippen molar-refractivity contribution in [1.82, 2.24) is 0 Å². The minimum absolute atomic E-state index is 0.368. The highest BCUT2D eigenvalue weighted by Gasteiger charge is 2.08. The first kappa shape index (κ1) is 22.8. The zero-order valence-corrected chi connectivity index (χ0v) is 19.6. The van der Waals surface area contributed by atoms with Crippen LogP contribution < -0.4 is 4.74 Å².